The number of ketones is 1. The number of benzene rings is 1. The number of carbonyl (C=O) groups excluding carboxylic acids is 3. The minimum atomic E-state index is -0.594. The predicted octanol–water partition coefficient (Wildman–Crippen LogP) is 3.65. The number of hydrogen-bond acceptors (Lipinski definition) is 5. The fourth-order valence-electron chi connectivity index (χ4n) is 4.22. The van der Waals surface area contributed by atoms with Crippen molar-refractivity contribution in [3.8, 4) is 5.75 Å². The summed E-state index contributed by atoms with van der Waals surface area (Å²) in [6.45, 7) is 9.45. The van der Waals surface area contributed by atoms with E-state index in [9.17, 15) is 14.4 Å². The summed E-state index contributed by atoms with van der Waals surface area (Å²) in [5.74, 6) is -0.740. The predicted molar refractivity (Wildman–Crippen MR) is 131 cm³/mol. The lowest BCUT2D eigenvalue weighted by molar-refractivity contribution is -0.130. The van der Waals surface area contributed by atoms with Gasteiger partial charge in [-0.15, -0.1) is 0 Å². The Hall–Kier alpha value is -3.68. The monoisotopic (exact) mass is 464 g/mol. The average Bonchev–Trinajstić information content (AvgIpc) is 3.28. The highest BCUT2D eigenvalue weighted by atomic mass is 16.5. The number of pyridine rings is 1. The number of ether oxygens (including phenoxy) is 1. The van der Waals surface area contributed by atoms with E-state index in [1.165, 1.54) is 7.11 Å². The summed E-state index contributed by atoms with van der Waals surface area (Å²) in [5, 5.41) is 0.542. The Labute approximate surface area is 200 Å². The summed E-state index contributed by atoms with van der Waals surface area (Å²) in [6, 6.07) is 10.5. The van der Waals surface area contributed by atoms with Gasteiger partial charge >= 0.3 is 0 Å². The molecule has 34 heavy (non-hydrogen) atoms. The van der Waals surface area contributed by atoms with Crippen molar-refractivity contribution < 1.29 is 19.1 Å². The van der Waals surface area contributed by atoms with Crippen LogP contribution in [0.4, 0.5) is 0 Å². The minimum absolute atomic E-state index is 0.0716. The quantitative estimate of drug-likeness (QED) is 0.425. The second-order valence-corrected chi connectivity index (χ2v) is 7.83. The molecule has 0 aliphatic carbocycles. The first-order valence-corrected chi connectivity index (χ1v) is 11.7. The van der Waals surface area contributed by atoms with E-state index in [-0.39, 0.29) is 17.5 Å². The molecule has 3 aromatic rings. The van der Waals surface area contributed by atoms with E-state index in [0.717, 1.165) is 0 Å². The third-order valence-electron chi connectivity index (χ3n) is 5.91. The smallest absolute Gasteiger partial charge is 0.295 e. The van der Waals surface area contributed by atoms with Gasteiger partial charge in [-0.1, -0.05) is 32.0 Å². The van der Waals surface area contributed by atoms with Crippen LogP contribution in [0.25, 0.3) is 11.0 Å². The van der Waals surface area contributed by atoms with Gasteiger partial charge in [0.1, 0.15) is 11.4 Å². The number of rotatable bonds is 5. The van der Waals surface area contributed by atoms with Gasteiger partial charge in [-0.2, -0.15) is 0 Å². The molecule has 1 aliphatic heterocycles. The first-order valence-electron chi connectivity index (χ1n) is 11.7. The summed E-state index contributed by atoms with van der Waals surface area (Å²) in [4.78, 5) is 46.9. The zero-order chi connectivity index (χ0) is 24.8. The van der Waals surface area contributed by atoms with Gasteiger partial charge in [0, 0.05) is 50.2 Å². The fourth-order valence-corrected chi connectivity index (χ4v) is 4.22. The van der Waals surface area contributed by atoms with Crippen molar-refractivity contribution in [1.29, 1.82) is 0 Å². The summed E-state index contributed by atoms with van der Waals surface area (Å²) >= 11 is 0. The Balaban J connectivity index is 0.00000158. The van der Waals surface area contributed by atoms with Crippen LogP contribution < -0.4 is 4.74 Å². The largest absolute Gasteiger partial charge is 0.496 e. The van der Waals surface area contributed by atoms with Gasteiger partial charge in [-0.3, -0.25) is 14.4 Å². The van der Waals surface area contributed by atoms with Crippen LogP contribution in [0.3, 0.4) is 0 Å². The minimum Gasteiger partial charge on any atom is -0.496 e. The first kappa shape index (κ1) is 25.0. The zero-order valence-corrected chi connectivity index (χ0v) is 20.4. The lowest BCUT2D eigenvalue weighted by Gasteiger charge is -2.39. The van der Waals surface area contributed by atoms with Crippen molar-refractivity contribution >= 4 is 28.6 Å². The average molecular weight is 465 g/mol. The lowest BCUT2D eigenvalue weighted by atomic mass is 10.1. The number of aryl methyl sites for hydroxylation is 1. The van der Waals surface area contributed by atoms with E-state index in [4.69, 9.17) is 4.74 Å². The van der Waals surface area contributed by atoms with Gasteiger partial charge in [-0.25, -0.2) is 4.98 Å². The number of amides is 2. The number of carbonyl (C=O) groups is 3. The maximum absolute atomic E-state index is 13.3. The van der Waals surface area contributed by atoms with Gasteiger partial charge < -0.3 is 19.1 Å². The third kappa shape index (κ3) is 4.66. The van der Waals surface area contributed by atoms with E-state index in [1.807, 2.05) is 50.5 Å². The molecule has 1 saturated heterocycles. The van der Waals surface area contributed by atoms with Crippen molar-refractivity contribution in [2.75, 3.05) is 26.7 Å². The van der Waals surface area contributed by atoms with Crippen LogP contribution in [0.1, 0.15) is 48.4 Å². The van der Waals surface area contributed by atoms with Crippen molar-refractivity contribution in [1.82, 2.24) is 19.4 Å². The van der Waals surface area contributed by atoms with E-state index >= 15 is 0 Å². The number of aromatic nitrogens is 2. The van der Waals surface area contributed by atoms with Crippen LogP contribution in [0, 0.1) is 0 Å². The molecule has 0 radical (unpaired) electrons. The second-order valence-electron chi connectivity index (χ2n) is 7.83. The Morgan fingerprint density at radius 2 is 1.79 bits per heavy atom. The SMILES string of the molecule is CC.CCn1cc(C(=O)C(=O)N2CCN(C(=O)c3ccccc3)C[C@H]2C)c2c(OC)ccnc21. The van der Waals surface area contributed by atoms with Gasteiger partial charge in [0.15, 0.2) is 0 Å². The van der Waals surface area contributed by atoms with Crippen LogP contribution in [0.15, 0.2) is 48.8 Å². The molecule has 4 rings (SSSR count). The molecule has 0 unspecified atom stereocenters. The zero-order valence-electron chi connectivity index (χ0n) is 20.4. The highest BCUT2D eigenvalue weighted by Crippen LogP contribution is 2.30. The van der Waals surface area contributed by atoms with Gasteiger partial charge in [0.25, 0.3) is 17.6 Å². The Kier molecular flexibility index (Phi) is 8.04. The number of hydrogen-bond donors (Lipinski definition) is 0. The number of fused-ring (bicyclic) bond motifs is 1. The number of Topliss-reactive ketones (excluding diaryl/α,β-unsaturated/α-hetero) is 1. The molecule has 1 atom stereocenters. The fraction of sp³-hybridized carbons (Fsp3) is 0.385. The normalized spacial score (nSPS) is 15.5. The van der Waals surface area contributed by atoms with E-state index in [0.29, 0.717) is 48.5 Å². The maximum Gasteiger partial charge on any atom is 0.295 e. The van der Waals surface area contributed by atoms with Gasteiger partial charge in [0.2, 0.25) is 0 Å². The lowest BCUT2D eigenvalue weighted by Crippen LogP contribution is -2.56. The standard InChI is InChI=1S/C24H26N4O4.C2H6/c1-4-26-15-18(20-19(32-3)10-11-25-22(20)26)21(29)24(31)28-13-12-27(14-16(28)2)23(30)17-8-6-5-7-9-17;1-2/h5-11,15-16H,4,12-14H2,1-3H3;1-2H3/t16-;/m1./s1. The Bertz CT molecular complexity index is 1170. The molecule has 0 N–H and O–H groups in total. The highest BCUT2D eigenvalue weighted by molar-refractivity contribution is 6.45. The molecule has 2 amide bonds. The maximum atomic E-state index is 13.3. The molecular formula is C26H32N4O4. The number of methoxy groups -OCH3 is 1. The van der Waals surface area contributed by atoms with Crippen molar-refractivity contribution in [2.24, 2.45) is 0 Å². The van der Waals surface area contributed by atoms with Crippen molar-refractivity contribution in [2.45, 2.75) is 40.3 Å². The molecule has 1 fully saturated rings. The van der Waals surface area contributed by atoms with Crippen LogP contribution >= 0.6 is 0 Å². The van der Waals surface area contributed by atoms with Crippen LogP contribution in [-0.4, -0.2) is 69.7 Å². The van der Waals surface area contributed by atoms with Gasteiger partial charge in [0.05, 0.1) is 18.1 Å². The molecule has 0 bridgehead atoms. The Morgan fingerprint density at radius 3 is 2.41 bits per heavy atom. The molecule has 1 aliphatic rings. The molecular weight excluding hydrogens is 432 g/mol. The molecule has 0 spiro atoms. The highest BCUT2D eigenvalue weighted by Gasteiger charge is 2.35. The molecule has 3 heterocycles. The van der Waals surface area contributed by atoms with Crippen LogP contribution in [0.5, 0.6) is 5.75 Å². The summed E-state index contributed by atoms with van der Waals surface area (Å²) in [5.41, 5.74) is 1.50. The third-order valence-corrected chi connectivity index (χ3v) is 5.91. The molecule has 8 heteroatoms. The molecule has 0 saturated carbocycles. The summed E-state index contributed by atoms with van der Waals surface area (Å²) in [6.07, 6.45) is 3.29. The summed E-state index contributed by atoms with van der Waals surface area (Å²) in [7, 11) is 1.53. The number of piperazine rings is 1. The number of nitrogens with zero attached hydrogens (tertiary/aromatic N) is 4. The second kappa shape index (κ2) is 11.0. The molecule has 180 valence electrons. The molecule has 1 aromatic carbocycles. The summed E-state index contributed by atoms with van der Waals surface area (Å²) < 4.78 is 7.26. The van der Waals surface area contributed by atoms with Crippen LogP contribution in [-0.2, 0) is 11.3 Å². The van der Waals surface area contributed by atoms with Crippen molar-refractivity contribution in [3.05, 3.63) is 59.9 Å². The topological polar surface area (TPSA) is 84.7 Å². The van der Waals surface area contributed by atoms with Crippen LogP contribution in [0.2, 0.25) is 0 Å². The van der Waals surface area contributed by atoms with E-state index in [1.54, 1.807) is 40.4 Å². The molecule has 8 nitrogen and oxygen atoms in total. The van der Waals surface area contributed by atoms with Crippen molar-refractivity contribution in [3.63, 3.8) is 0 Å². The van der Waals surface area contributed by atoms with Gasteiger partial charge in [-0.05, 0) is 32.0 Å². The first-order chi connectivity index (χ1) is 16.5. The molecule has 2 aromatic heterocycles. The van der Waals surface area contributed by atoms with E-state index < -0.39 is 11.7 Å². The van der Waals surface area contributed by atoms with E-state index in [2.05, 4.69) is 4.98 Å². The Morgan fingerprint density at radius 1 is 1.09 bits per heavy atom.